The van der Waals surface area contributed by atoms with E-state index in [0.717, 1.165) is 0 Å². The summed E-state index contributed by atoms with van der Waals surface area (Å²) in [6.45, 7) is 0.426. The zero-order chi connectivity index (χ0) is 20.8. The first-order valence-electron chi connectivity index (χ1n) is 8.29. The summed E-state index contributed by atoms with van der Waals surface area (Å²) in [7, 11) is -8.49. The molecule has 3 aromatic rings. The van der Waals surface area contributed by atoms with Crippen molar-refractivity contribution in [3.8, 4) is 22.5 Å². The monoisotopic (exact) mass is 436 g/mol. The highest BCUT2D eigenvalue weighted by Gasteiger charge is 2.38. The lowest BCUT2D eigenvalue weighted by Crippen LogP contribution is -2.51. The highest BCUT2D eigenvalue weighted by atomic mass is 32.2. The Hall–Kier alpha value is -2.94. The third kappa shape index (κ3) is 3.25. The Labute approximate surface area is 165 Å². The second-order valence-electron chi connectivity index (χ2n) is 6.40. The van der Waals surface area contributed by atoms with Gasteiger partial charge in [0.15, 0.2) is 15.7 Å². The summed E-state index contributed by atoms with van der Waals surface area (Å²) in [5, 5.41) is 20.8. The second-order valence-corrected chi connectivity index (χ2v) is 10.1. The Morgan fingerprint density at radius 1 is 1.07 bits per heavy atom. The third-order valence-electron chi connectivity index (χ3n) is 4.62. The summed E-state index contributed by atoms with van der Waals surface area (Å²) in [6.07, 6.45) is 2.86. The maximum Gasteiger partial charge on any atom is 0.240 e. The predicted molar refractivity (Wildman–Crippen MR) is 102 cm³/mol. The number of nitrogens with zero attached hydrogens (tertiary/aromatic N) is 4. The number of hydrogen-bond acceptors (Lipinski definition) is 10. The van der Waals surface area contributed by atoms with E-state index in [2.05, 4.69) is 30.9 Å². The number of anilines is 1. The van der Waals surface area contributed by atoms with Crippen LogP contribution in [0.2, 0.25) is 0 Å². The third-order valence-corrected chi connectivity index (χ3v) is 7.91. The molecule has 1 aromatic carbocycles. The number of nitrogens with two attached hydrogens (primary N) is 2. The van der Waals surface area contributed by atoms with Gasteiger partial charge in [-0.05, 0) is 28.1 Å². The lowest BCUT2D eigenvalue weighted by Gasteiger charge is -2.28. The van der Waals surface area contributed by atoms with Crippen molar-refractivity contribution in [3.05, 3.63) is 30.6 Å². The van der Waals surface area contributed by atoms with Crippen LogP contribution in [0.5, 0.6) is 0 Å². The minimum absolute atomic E-state index is 0.0657. The number of nitrogens with one attached hydrogen (secondary N) is 2. The van der Waals surface area contributed by atoms with Crippen LogP contribution in [0.15, 0.2) is 40.4 Å². The number of aromatic nitrogens is 5. The molecule has 0 amide bonds. The van der Waals surface area contributed by atoms with Gasteiger partial charge in [0.2, 0.25) is 10.0 Å². The van der Waals surface area contributed by atoms with Crippen LogP contribution >= 0.6 is 0 Å². The fraction of sp³-hybridized carbons (Fsp3) is 0.200. The van der Waals surface area contributed by atoms with Gasteiger partial charge in [0, 0.05) is 30.4 Å². The maximum atomic E-state index is 13.1. The summed E-state index contributed by atoms with van der Waals surface area (Å²) in [5.41, 5.74) is 6.89. The number of H-pyrrole nitrogens is 1. The summed E-state index contributed by atoms with van der Waals surface area (Å²) < 4.78 is 51.3. The van der Waals surface area contributed by atoms with Crippen molar-refractivity contribution >= 4 is 25.5 Å². The zero-order valence-corrected chi connectivity index (χ0v) is 16.4. The molecule has 0 aliphatic carbocycles. The minimum Gasteiger partial charge on any atom is -0.397 e. The molecule has 2 aromatic heterocycles. The van der Waals surface area contributed by atoms with Crippen molar-refractivity contribution in [1.29, 1.82) is 0 Å². The molecule has 12 nitrogen and oxygen atoms in total. The van der Waals surface area contributed by atoms with Crippen molar-refractivity contribution in [2.24, 2.45) is 5.14 Å². The van der Waals surface area contributed by atoms with Crippen LogP contribution in [0, 0.1) is 0 Å². The number of hydrogen-bond donors (Lipinski definition) is 4. The smallest absolute Gasteiger partial charge is 0.240 e. The zero-order valence-electron chi connectivity index (χ0n) is 14.8. The van der Waals surface area contributed by atoms with Crippen LogP contribution in [0.4, 0.5) is 5.69 Å². The molecule has 29 heavy (non-hydrogen) atoms. The summed E-state index contributed by atoms with van der Waals surface area (Å²) in [6, 6.07) is 4.24. The van der Waals surface area contributed by atoms with Gasteiger partial charge in [0.25, 0.3) is 0 Å². The molecule has 6 N–H and O–H groups in total. The molecule has 4 rings (SSSR count). The molecule has 0 radical (unpaired) electrons. The van der Waals surface area contributed by atoms with Gasteiger partial charge < -0.3 is 11.1 Å². The number of sulfonamides is 1. The number of primary sulfonamides is 1. The van der Waals surface area contributed by atoms with Crippen molar-refractivity contribution in [2.75, 3.05) is 18.8 Å². The van der Waals surface area contributed by atoms with E-state index in [1.807, 2.05) is 0 Å². The van der Waals surface area contributed by atoms with Crippen LogP contribution < -0.4 is 16.2 Å². The van der Waals surface area contributed by atoms with Crippen LogP contribution in [0.1, 0.15) is 0 Å². The second kappa shape index (κ2) is 6.84. The van der Waals surface area contributed by atoms with Gasteiger partial charge >= 0.3 is 0 Å². The SMILES string of the molecule is Nc1cnccc1-c1ccc(S(=O)(=O)C2CNC2)c(S(N)(=O)=O)c1-c1nnn[nH]1. The number of benzene rings is 1. The average molecular weight is 436 g/mol. The molecule has 1 aliphatic heterocycles. The van der Waals surface area contributed by atoms with E-state index in [1.165, 1.54) is 24.5 Å². The molecular formula is C15H16N8O4S2. The molecule has 1 fully saturated rings. The molecule has 152 valence electrons. The average Bonchev–Trinajstić information content (AvgIpc) is 3.12. The Kier molecular flexibility index (Phi) is 4.57. The van der Waals surface area contributed by atoms with Crippen molar-refractivity contribution < 1.29 is 16.8 Å². The van der Waals surface area contributed by atoms with Gasteiger partial charge in [-0.2, -0.15) is 0 Å². The lowest BCUT2D eigenvalue weighted by atomic mass is 9.99. The molecule has 0 atom stereocenters. The molecule has 0 spiro atoms. The Morgan fingerprint density at radius 2 is 1.83 bits per heavy atom. The first-order chi connectivity index (χ1) is 13.7. The molecule has 0 saturated carbocycles. The Bertz CT molecular complexity index is 1290. The fourth-order valence-electron chi connectivity index (χ4n) is 3.11. The molecule has 3 heterocycles. The molecule has 0 unspecified atom stereocenters. The van der Waals surface area contributed by atoms with E-state index in [-0.39, 0.29) is 35.7 Å². The number of rotatable bonds is 5. The quantitative estimate of drug-likeness (QED) is 0.380. The normalized spacial score (nSPS) is 15.2. The largest absolute Gasteiger partial charge is 0.397 e. The van der Waals surface area contributed by atoms with Gasteiger partial charge in [-0.3, -0.25) is 4.98 Å². The Balaban J connectivity index is 2.13. The summed E-state index contributed by atoms with van der Waals surface area (Å²) in [5.74, 6) is -0.0657. The minimum atomic E-state index is -4.51. The number of tetrazole rings is 1. The van der Waals surface area contributed by atoms with Gasteiger partial charge in [-0.15, -0.1) is 5.10 Å². The van der Waals surface area contributed by atoms with E-state index in [9.17, 15) is 16.8 Å². The summed E-state index contributed by atoms with van der Waals surface area (Å²) >= 11 is 0. The van der Waals surface area contributed by atoms with Gasteiger partial charge in [-0.1, -0.05) is 6.07 Å². The lowest BCUT2D eigenvalue weighted by molar-refractivity contribution is 0.493. The number of nitrogen functional groups attached to an aromatic ring is 1. The summed E-state index contributed by atoms with van der Waals surface area (Å²) in [4.78, 5) is 2.92. The molecule has 1 saturated heterocycles. The van der Waals surface area contributed by atoms with Crippen LogP contribution in [0.3, 0.4) is 0 Å². The van der Waals surface area contributed by atoms with Crippen LogP contribution in [-0.4, -0.2) is 60.8 Å². The van der Waals surface area contributed by atoms with Crippen molar-refractivity contribution in [3.63, 3.8) is 0 Å². The van der Waals surface area contributed by atoms with E-state index in [1.54, 1.807) is 6.07 Å². The molecule has 14 heteroatoms. The first kappa shape index (κ1) is 19.4. The Morgan fingerprint density at radius 3 is 2.38 bits per heavy atom. The van der Waals surface area contributed by atoms with Crippen molar-refractivity contribution in [2.45, 2.75) is 15.0 Å². The highest BCUT2D eigenvalue weighted by Crippen LogP contribution is 2.41. The molecule has 0 bridgehead atoms. The van der Waals surface area contributed by atoms with E-state index in [4.69, 9.17) is 10.9 Å². The van der Waals surface area contributed by atoms with Crippen LogP contribution in [0.25, 0.3) is 22.5 Å². The van der Waals surface area contributed by atoms with E-state index in [0.29, 0.717) is 5.56 Å². The predicted octanol–water partition coefficient (Wildman–Crippen LogP) is -1.10. The highest BCUT2D eigenvalue weighted by molar-refractivity contribution is 7.94. The number of aromatic amines is 1. The van der Waals surface area contributed by atoms with Gasteiger partial charge in [0.1, 0.15) is 4.90 Å². The van der Waals surface area contributed by atoms with E-state index < -0.39 is 34.9 Å². The molecular weight excluding hydrogens is 420 g/mol. The van der Waals surface area contributed by atoms with Crippen molar-refractivity contribution in [1.82, 2.24) is 30.9 Å². The standard InChI is InChI=1S/C15H16N8O4S2/c16-11-7-18-4-3-9(11)10-1-2-12(28(24,25)8-5-19-6-8)14(29(17,26)27)13(10)15-20-22-23-21-15/h1-4,7-8,19H,5-6,16H2,(H2,17,26,27)(H,20,21,22,23). The molecule has 1 aliphatic rings. The van der Waals surface area contributed by atoms with E-state index >= 15 is 0 Å². The topological polar surface area (TPSA) is 200 Å². The maximum absolute atomic E-state index is 13.1. The van der Waals surface area contributed by atoms with Gasteiger partial charge in [0.05, 0.1) is 22.0 Å². The number of pyridine rings is 1. The first-order valence-corrected chi connectivity index (χ1v) is 11.4. The number of sulfone groups is 1. The van der Waals surface area contributed by atoms with Gasteiger partial charge in [-0.25, -0.2) is 27.1 Å². The fourth-order valence-corrected chi connectivity index (χ4v) is 6.30. The van der Waals surface area contributed by atoms with Crippen LogP contribution in [-0.2, 0) is 19.9 Å².